The Labute approximate surface area is 175 Å². The van der Waals surface area contributed by atoms with Gasteiger partial charge in [-0.2, -0.15) is 0 Å². The lowest BCUT2D eigenvalue weighted by molar-refractivity contribution is 0.0950. The second-order valence-electron chi connectivity index (χ2n) is 7.18. The number of methoxy groups -OCH3 is 1. The predicted molar refractivity (Wildman–Crippen MR) is 115 cm³/mol. The summed E-state index contributed by atoms with van der Waals surface area (Å²) < 4.78 is 5.33. The molecule has 0 fully saturated rings. The van der Waals surface area contributed by atoms with Crippen LogP contribution in [0.1, 0.15) is 31.5 Å². The van der Waals surface area contributed by atoms with Gasteiger partial charge in [-0.05, 0) is 29.7 Å². The van der Waals surface area contributed by atoms with Crippen LogP contribution in [0.3, 0.4) is 0 Å². The van der Waals surface area contributed by atoms with Crippen LogP contribution in [0.5, 0.6) is 5.75 Å². The number of hydrogen-bond donors (Lipinski definition) is 1. The standard InChI is InChI=1S/C23H25N3O2S/c1-28-19-9-5-8-18(14-19)16-26-12-10-20-21(11-13-26)29-23(25-20)22(27)24-15-17-6-3-2-4-7-17/h2-9,14H,10-13,15-16H2,1H3,(H,24,27). The van der Waals surface area contributed by atoms with Crippen LogP contribution in [0.25, 0.3) is 0 Å². The third-order valence-electron chi connectivity index (χ3n) is 5.13. The van der Waals surface area contributed by atoms with Crippen molar-refractivity contribution in [1.29, 1.82) is 0 Å². The van der Waals surface area contributed by atoms with Crippen molar-refractivity contribution in [2.24, 2.45) is 0 Å². The van der Waals surface area contributed by atoms with Crippen molar-refractivity contribution >= 4 is 17.2 Å². The Kier molecular flexibility index (Phi) is 6.22. The zero-order chi connectivity index (χ0) is 20.1. The third kappa shape index (κ3) is 5.02. The molecular weight excluding hydrogens is 382 g/mol. The summed E-state index contributed by atoms with van der Waals surface area (Å²) in [5.41, 5.74) is 3.42. The summed E-state index contributed by atoms with van der Waals surface area (Å²) in [5, 5.41) is 3.56. The van der Waals surface area contributed by atoms with Crippen molar-refractivity contribution in [3.63, 3.8) is 0 Å². The Bertz CT molecular complexity index is 946. The first-order chi connectivity index (χ1) is 14.2. The molecule has 3 aromatic rings. The van der Waals surface area contributed by atoms with Gasteiger partial charge in [0.05, 0.1) is 12.8 Å². The predicted octanol–water partition coefficient (Wildman–Crippen LogP) is 3.68. The van der Waals surface area contributed by atoms with Crippen LogP contribution in [0.15, 0.2) is 54.6 Å². The Morgan fingerprint density at radius 3 is 2.72 bits per heavy atom. The molecule has 6 heteroatoms. The van der Waals surface area contributed by atoms with Gasteiger partial charge >= 0.3 is 0 Å². The van der Waals surface area contributed by atoms with E-state index >= 15 is 0 Å². The topological polar surface area (TPSA) is 54.5 Å². The smallest absolute Gasteiger partial charge is 0.280 e. The van der Waals surface area contributed by atoms with E-state index in [9.17, 15) is 4.79 Å². The van der Waals surface area contributed by atoms with Gasteiger partial charge in [0.15, 0.2) is 5.01 Å². The highest BCUT2D eigenvalue weighted by atomic mass is 32.1. The van der Waals surface area contributed by atoms with Crippen molar-refractivity contribution in [3.8, 4) is 5.75 Å². The van der Waals surface area contributed by atoms with Crippen LogP contribution in [0, 0.1) is 0 Å². The highest BCUT2D eigenvalue weighted by Gasteiger charge is 2.21. The first kappa shape index (κ1) is 19.6. The molecule has 0 aliphatic carbocycles. The maximum Gasteiger partial charge on any atom is 0.280 e. The van der Waals surface area contributed by atoms with Crippen molar-refractivity contribution < 1.29 is 9.53 Å². The number of rotatable bonds is 6. The number of aromatic nitrogens is 1. The van der Waals surface area contributed by atoms with Crippen LogP contribution in [0.4, 0.5) is 0 Å². The molecule has 2 aromatic carbocycles. The largest absolute Gasteiger partial charge is 0.497 e. The Morgan fingerprint density at radius 2 is 1.90 bits per heavy atom. The van der Waals surface area contributed by atoms with E-state index in [0.29, 0.717) is 11.6 Å². The number of ether oxygens (including phenoxy) is 1. The number of hydrogen-bond acceptors (Lipinski definition) is 5. The van der Waals surface area contributed by atoms with Gasteiger partial charge in [0.25, 0.3) is 5.91 Å². The number of thiazole rings is 1. The average Bonchev–Trinajstić information content (AvgIpc) is 3.09. The van der Waals surface area contributed by atoms with Crippen LogP contribution >= 0.6 is 11.3 Å². The summed E-state index contributed by atoms with van der Waals surface area (Å²) in [4.78, 5) is 20.8. The average molecular weight is 408 g/mol. The molecule has 1 N–H and O–H groups in total. The summed E-state index contributed by atoms with van der Waals surface area (Å²) >= 11 is 1.54. The minimum atomic E-state index is -0.0832. The van der Waals surface area contributed by atoms with Crippen molar-refractivity contribution in [2.75, 3.05) is 20.2 Å². The van der Waals surface area contributed by atoms with Crippen molar-refractivity contribution in [3.05, 3.63) is 81.3 Å². The summed E-state index contributed by atoms with van der Waals surface area (Å²) in [6.45, 7) is 3.34. The van der Waals surface area contributed by atoms with E-state index in [-0.39, 0.29) is 5.91 Å². The van der Waals surface area contributed by atoms with E-state index in [4.69, 9.17) is 4.74 Å². The second-order valence-corrected chi connectivity index (χ2v) is 8.27. The number of benzene rings is 2. The molecule has 1 aliphatic heterocycles. The van der Waals surface area contributed by atoms with Crippen molar-refractivity contribution in [2.45, 2.75) is 25.9 Å². The summed E-state index contributed by atoms with van der Waals surface area (Å²) in [6, 6.07) is 18.2. The Morgan fingerprint density at radius 1 is 1.10 bits per heavy atom. The number of nitrogens with one attached hydrogen (secondary N) is 1. The minimum Gasteiger partial charge on any atom is -0.497 e. The maximum atomic E-state index is 12.5. The molecular formula is C23H25N3O2S. The highest BCUT2D eigenvalue weighted by Crippen LogP contribution is 2.24. The molecule has 150 valence electrons. The highest BCUT2D eigenvalue weighted by molar-refractivity contribution is 7.13. The zero-order valence-corrected chi connectivity index (χ0v) is 17.4. The zero-order valence-electron chi connectivity index (χ0n) is 16.6. The lowest BCUT2D eigenvalue weighted by Crippen LogP contribution is -2.26. The molecule has 0 unspecified atom stereocenters. The van der Waals surface area contributed by atoms with Gasteiger partial charge in [0.2, 0.25) is 0 Å². The van der Waals surface area contributed by atoms with Gasteiger partial charge in [-0.15, -0.1) is 11.3 Å². The lowest BCUT2D eigenvalue weighted by Gasteiger charge is -2.20. The van der Waals surface area contributed by atoms with E-state index in [1.54, 1.807) is 7.11 Å². The molecule has 2 heterocycles. The molecule has 0 saturated heterocycles. The van der Waals surface area contributed by atoms with Gasteiger partial charge in [-0.3, -0.25) is 9.69 Å². The third-order valence-corrected chi connectivity index (χ3v) is 6.28. The monoisotopic (exact) mass is 407 g/mol. The molecule has 1 amide bonds. The Balaban J connectivity index is 1.34. The molecule has 0 saturated carbocycles. The summed E-state index contributed by atoms with van der Waals surface area (Å²) in [6.07, 6.45) is 1.81. The fourth-order valence-electron chi connectivity index (χ4n) is 3.55. The first-order valence-electron chi connectivity index (χ1n) is 9.87. The van der Waals surface area contributed by atoms with Crippen LogP contribution < -0.4 is 10.1 Å². The molecule has 29 heavy (non-hydrogen) atoms. The van der Waals surface area contributed by atoms with Crippen LogP contribution in [-0.4, -0.2) is 36.0 Å². The van der Waals surface area contributed by atoms with Gasteiger partial charge in [-0.25, -0.2) is 4.98 Å². The molecule has 1 aliphatic rings. The number of carbonyl (C=O) groups is 1. The van der Waals surface area contributed by atoms with E-state index < -0.39 is 0 Å². The normalized spacial score (nSPS) is 14.1. The number of amides is 1. The first-order valence-corrected chi connectivity index (χ1v) is 10.7. The molecule has 0 atom stereocenters. The van der Waals surface area contributed by atoms with Gasteiger partial charge < -0.3 is 10.1 Å². The van der Waals surface area contributed by atoms with E-state index in [1.807, 2.05) is 42.5 Å². The maximum absolute atomic E-state index is 12.5. The fraction of sp³-hybridized carbons (Fsp3) is 0.304. The van der Waals surface area contributed by atoms with Crippen molar-refractivity contribution in [1.82, 2.24) is 15.2 Å². The molecule has 0 spiro atoms. The lowest BCUT2D eigenvalue weighted by atomic mass is 10.2. The van der Waals surface area contributed by atoms with Gasteiger partial charge in [-0.1, -0.05) is 42.5 Å². The summed E-state index contributed by atoms with van der Waals surface area (Å²) in [5.74, 6) is 0.810. The minimum absolute atomic E-state index is 0.0832. The van der Waals surface area contributed by atoms with Crippen LogP contribution in [0.2, 0.25) is 0 Å². The second kappa shape index (κ2) is 9.20. The fourth-order valence-corrected chi connectivity index (χ4v) is 4.56. The molecule has 1 aromatic heterocycles. The summed E-state index contributed by atoms with van der Waals surface area (Å²) in [7, 11) is 1.70. The van der Waals surface area contributed by atoms with Gasteiger partial charge in [0.1, 0.15) is 5.75 Å². The molecule has 0 bridgehead atoms. The number of fused-ring (bicyclic) bond motifs is 1. The van der Waals surface area contributed by atoms with E-state index in [0.717, 1.165) is 49.5 Å². The SMILES string of the molecule is COc1cccc(CN2CCc3nc(C(=O)NCc4ccccc4)sc3CC2)c1. The molecule has 4 rings (SSSR count). The van der Waals surface area contributed by atoms with E-state index in [1.165, 1.54) is 21.8 Å². The number of nitrogens with zero attached hydrogens (tertiary/aromatic N) is 2. The van der Waals surface area contributed by atoms with E-state index in [2.05, 4.69) is 27.3 Å². The quantitative estimate of drug-likeness (QED) is 0.677. The Hall–Kier alpha value is -2.70. The van der Waals surface area contributed by atoms with Crippen LogP contribution in [-0.2, 0) is 25.9 Å². The van der Waals surface area contributed by atoms with Gasteiger partial charge in [0, 0.05) is 37.5 Å². The molecule has 0 radical (unpaired) electrons. The number of carbonyl (C=O) groups excluding carboxylic acids is 1. The molecule has 5 nitrogen and oxygen atoms in total.